The molecule has 3 saturated carbocycles. The van der Waals surface area contributed by atoms with E-state index < -0.39 is 0 Å². The van der Waals surface area contributed by atoms with E-state index in [-0.39, 0.29) is 0 Å². The normalized spacial score (nSPS) is 26.6. The lowest BCUT2D eigenvalue weighted by molar-refractivity contribution is 0.0267. The third-order valence-corrected chi connectivity index (χ3v) is 6.06. The van der Waals surface area contributed by atoms with Gasteiger partial charge in [0.15, 0.2) is 0 Å². The molecule has 20 heavy (non-hydrogen) atoms. The second-order valence-electron chi connectivity index (χ2n) is 7.86. The molecule has 4 rings (SSSR count). The van der Waals surface area contributed by atoms with Gasteiger partial charge < -0.3 is 5.32 Å². The summed E-state index contributed by atoms with van der Waals surface area (Å²) >= 11 is 0. The van der Waals surface area contributed by atoms with Crippen LogP contribution in [0.5, 0.6) is 0 Å². The second kappa shape index (κ2) is 4.59. The molecule has 1 nitrogen and oxygen atoms in total. The molecule has 0 atom stereocenters. The van der Waals surface area contributed by atoms with Crippen molar-refractivity contribution in [2.45, 2.75) is 69.7 Å². The summed E-state index contributed by atoms with van der Waals surface area (Å²) in [6.07, 6.45) is 11.6. The van der Waals surface area contributed by atoms with E-state index in [0.717, 1.165) is 11.5 Å². The minimum Gasteiger partial charge on any atom is -0.313 e. The van der Waals surface area contributed by atoms with Crippen LogP contribution in [0.1, 0.15) is 62.5 Å². The zero-order valence-electron chi connectivity index (χ0n) is 12.8. The first-order valence-corrected chi connectivity index (χ1v) is 8.50. The van der Waals surface area contributed by atoms with Crippen molar-refractivity contribution in [3.05, 3.63) is 35.4 Å². The molecule has 3 aliphatic carbocycles. The topological polar surface area (TPSA) is 12.0 Å². The van der Waals surface area contributed by atoms with Gasteiger partial charge in [0, 0.05) is 18.0 Å². The highest BCUT2D eigenvalue weighted by Crippen LogP contribution is 2.62. The predicted molar refractivity (Wildman–Crippen MR) is 84.0 cm³/mol. The first-order chi connectivity index (χ1) is 9.70. The summed E-state index contributed by atoms with van der Waals surface area (Å²) in [5, 5.41) is 3.82. The fraction of sp³-hybridized carbons (Fsp3) is 0.684. The van der Waals surface area contributed by atoms with Gasteiger partial charge in [0.05, 0.1) is 0 Å². The molecule has 0 unspecified atom stereocenters. The molecular weight excluding hydrogens is 242 g/mol. The molecule has 0 aromatic heterocycles. The van der Waals surface area contributed by atoms with E-state index in [1.165, 1.54) is 63.5 Å². The number of nitrogens with one attached hydrogen (secondary N) is 1. The Hall–Kier alpha value is -0.820. The number of hydrogen-bond donors (Lipinski definition) is 1. The Balaban J connectivity index is 1.55. The summed E-state index contributed by atoms with van der Waals surface area (Å²) < 4.78 is 0. The average Bonchev–Trinajstić information content (AvgIpc) is 3.12. The zero-order chi connectivity index (χ0) is 13.6. The van der Waals surface area contributed by atoms with E-state index in [2.05, 4.69) is 36.5 Å². The van der Waals surface area contributed by atoms with Crippen LogP contribution in [-0.2, 0) is 5.41 Å². The quantitative estimate of drug-likeness (QED) is 0.857. The third kappa shape index (κ3) is 2.20. The van der Waals surface area contributed by atoms with Gasteiger partial charge in [-0.05, 0) is 56.4 Å². The Bertz CT molecular complexity index is 469. The third-order valence-electron chi connectivity index (χ3n) is 6.06. The number of benzene rings is 1. The van der Waals surface area contributed by atoms with Gasteiger partial charge in [-0.3, -0.25) is 0 Å². The molecular formula is C19H27N. The first kappa shape index (κ1) is 12.9. The minimum atomic E-state index is 0.445. The molecule has 0 radical (unpaired) electrons. The Morgan fingerprint density at radius 3 is 2.30 bits per heavy atom. The van der Waals surface area contributed by atoms with Crippen molar-refractivity contribution in [2.75, 3.05) is 6.54 Å². The van der Waals surface area contributed by atoms with Crippen molar-refractivity contribution in [1.29, 1.82) is 0 Å². The van der Waals surface area contributed by atoms with Crippen molar-refractivity contribution >= 4 is 0 Å². The van der Waals surface area contributed by atoms with E-state index in [4.69, 9.17) is 0 Å². The van der Waals surface area contributed by atoms with Gasteiger partial charge in [0.1, 0.15) is 0 Å². The number of hydrogen-bond acceptors (Lipinski definition) is 1. The molecule has 3 aliphatic rings. The highest BCUT2D eigenvalue weighted by atomic mass is 15.0. The molecule has 0 amide bonds. The molecule has 0 saturated heterocycles. The van der Waals surface area contributed by atoms with Crippen molar-refractivity contribution < 1.29 is 0 Å². The van der Waals surface area contributed by atoms with Crippen molar-refractivity contribution in [1.82, 2.24) is 5.32 Å². The van der Waals surface area contributed by atoms with Gasteiger partial charge in [-0.2, -0.15) is 0 Å². The number of aryl methyl sites for hydroxylation is 1. The largest absolute Gasteiger partial charge is 0.313 e. The standard InChI is InChI=1S/C19H27N/c1-15-4-6-16(7-5-15)19(14-20-17-8-9-17)12-18(13-19)10-2-3-11-18/h4-7,17,20H,2-3,8-14H2,1H3. The minimum absolute atomic E-state index is 0.445. The van der Waals surface area contributed by atoms with Crippen molar-refractivity contribution in [3.63, 3.8) is 0 Å². The highest BCUT2D eigenvalue weighted by Gasteiger charge is 2.55. The molecule has 1 aromatic rings. The van der Waals surface area contributed by atoms with Crippen LogP contribution in [0, 0.1) is 12.3 Å². The smallest absolute Gasteiger partial charge is 0.00884 e. The predicted octanol–water partition coefficient (Wildman–Crippen LogP) is 4.34. The van der Waals surface area contributed by atoms with Crippen LogP contribution in [-0.4, -0.2) is 12.6 Å². The van der Waals surface area contributed by atoms with Crippen LogP contribution in [0.15, 0.2) is 24.3 Å². The van der Waals surface area contributed by atoms with Gasteiger partial charge in [0.2, 0.25) is 0 Å². The fourth-order valence-electron chi connectivity index (χ4n) is 4.83. The van der Waals surface area contributed by atoms with Gasteiger partial charge in [-0.15, -0.1) is 0 Å². The molecule has 1 spiro atoms. The first-order valence-electron chi connectivity index (χ1n) is 8.50. The van der Waals surface area contributed by atoms with Crippen LogP contribution in [0.25, 0.3) is 0 Å². The molecule has 0 bridgehead atoms. The monoisotopic (exact) mass is 269 g/mol. The summed E-state index contributed by atoms with van der Waals surface area (Å²) in [5.74, 6) is 0. The molecule has 1 aromatic carbocycles. The lowest BCUT2D eigenvalue weighted by Crippen LogP contribution is -2.54. The van der Waals surface area contributed by atoms with Gasteiger partial charge >= 0.3 is 0 Å². The van der Waals surface area contributed by atoms with E-state index in [0.29, 0.717) is 5.41 Å². The maximum absolute atomic E-state index is 3.82. The Morgan fingerprint density at radius 2 is 1.70 bits per heavy atom. The molecule has 108 valence electrons. The second-order valence-corrected chi connectivity index (χ2v) is 7.86. The van der Waals surface area contributed by atoms with Gasteiger partial charge in [-0.1, -0.05) is 42.7 Å². The summed E-state index contributed by atoms with van der Waals surface area (Å²) in [5.41, 5.74) is 4.14. The zero-order valence-corrected chi connectivity index (χ0v) is 12.8. The summed E-state index contributed by atoms with van der Waals surface area (Å²) in [6.45, 7) is 3.40. The Kier molecular flexibility index (Phi) is 2.96. The van der Waals surface area contributed by atoms with E-state index in [9.17, 15) is 0 Å². The average molecular weight is 269 g/mol. The molecule has 0 aliphatic heterocycles. The molecule has 3 fully saturated rings. The van der Waals surface area contributed by atoms with Gasteiger partial charge in [0.25, 0.3) is 0 Å². The van der Waals surface area contributed by atoms with E-state index in [1.54, 1.807) is 5.56 Å². The van der Waals surface area contributed by atoms with Crippen molar-refractivity contribution in [3.8, 4) is 0 Å². The Labute approximate surface area is 123 Å². The molecule has 1 heteroatoms. The lowest BCUT2D eigenvalue weighted by atomic mass is 9.49. The van der Waals surface area contributed by atoms with Crippen LogP contribution in [0.3, 0.4) is 0 Å². The SMILES string of the molecule is Cc1ccc(C2(CNC3CC3)CC3(CCCC3)C2)cc1. The maximum Gasteiger partial charge on any atom is 0.00884 e. The van der Waals surface area contributed by atoms with Crippen LogP contribution in [0.4, 0.5) is 0 Å². The van der Waals surface area contributed by atoms with Crippen molar-refractivity contribution in [2.24, 2.45) is 5.41 Å². The van der Waals surface area contributed by atoms with Gasteiger partial charge in [-0.25, -0.2) is 0 Å². The molecule has 0 heterocycles. The van der Waals surface area contributed by atoms with E-state index in [1.807, 2.05) is 0 Å². The highest BCUT2D eigenvalue weighted by molar-refractivity contribution is 5.34. The van der Waals surface area contributed by atoms with Crippen LogP contribution in [0.2, 0.25) is 0 Å². The van der Waals surface area contributed by atoms with Crippen LogP contribution >= 0.6 is 0 Å². The summed E-state index contributed by atoms with van der Waals surface area (Å²) in [4.78, 5) is 0. The number of rotatable bonds is 4. The summed E-state index contributed by atoms with van der Waals surface area (Å²) in [6, 6.07) is 10.2. The fourth-order valence-corrected chi connectivity index (χ4v) is 4.83. The molecule has 1 N–H and O–H groups in total. The summed E-state index contributed by atoms with van der Waals surface area (Å²) in [7, 11) is 0. The lowest BCUT2D eigenvalue weighted by Gasteiger charge is -2.56. The van der Waals surface area contributed by atoms with E-state index >= 15 is 0 Å². The maximum atomic E-state index is 3.82. The Morgan fingerprint density at radius 1 is 1.05 bits per heavy atom. The van der Waals surface area contributed by atoms with Crippen LogP contribution < -0.4 is 5.32 Å².